The summed E-state index contributed by atoms with van der Waals surface area (Å²) in [6.45, 7) is 8.41. The molecule has 0 N–H and O–H groups in total. The number of halogens is 2. The molecule has 1 fully saturated rings. The molecule has 0 saturated carbocycles. The Morgan fingerprint density at radius 1 is 1.06 bits per heavy atom. The average Bonchev–Trinajstić information content (AvgIpc) is 3.15. The molecule has 2 heterocycles. The van der Waals surface area contributed by atoms with Gasteiger partial charge in [-0.15, -0.1) is 0 Å². The Bertz CT molecular complexity index is 1310. The lowest BCUT2D eigenvalue weighted by molar-refractivity contribution is -0.121. The van der Waals surface area contributed by atoms with Crippen LogP contribution in [0.25, 0.3) is 11.8 Å². The van der Waals surface area contributed by atoms with E-state index < -0.39 is 0 Å². The van der Waals surface area contributed by atoms with Crippen LogP contribution in [-0.2, 0) is 4.79 Å². The number of benzene rings is 2. The number of hydrogen-bond donors (Lipinski definition) is 0. The maximum atomic E-state index is 12.9. The first kappa shape index (κ1) is 22.9. The number of aromatic nitrogens is 1. The van der Waals surface area contributed by atoms with E-state index in [9.17, 15) is 4.79 Å². The molecule has 7 heteroatoms. The largest absolute Gasteiger partial charge is 0.318 e. The van der Waals surface area contributed by atoms with Gasteiger partial charge in [-0.2, -0.15) is 0 Å². The van der Waals surface area contributed by atoms with Gasteiger partial charge in [-0.3, -0.25) is 9.69 Å². The van der Waals surface area contributed by atoms with Gasteiger partial charge in [0, 0.05) is 28.6 Å². The molecule has 164 valence electrons. The lowest BCUT2D eigenvalue weighted by Gasteiger charge is -2.13. The number of likely N-dealkylation sites (N-methyl/N-ethyl adjacent to an activating group) is 1. The van der Waals surface area contributed by atoms with Crippen molar-refractivity contribution in [2.45, 2.75) is 27.7 Å². The predicted molar refractivity (Wildman–Crippen MR) is 139 cm³/mol. The molecule has 0 radical (unpaired) electrons. The molecular weight excluding hydrogens is 506 g/mol. The smallest absolute Gasteiger partial charge is 0.266 e. The van der Waals surface area contributed by atoms with Crippen LogP contribution >= 0.6 is 39.3 Å². The second kappa shape index (κ2) is 8.93. The van der Waals surface area contributed by atoms with E-state index in [2.05, 4.69) is 77.4 Å². The standard InChI is InChI=1S/C25H23BrClN3OS/c1-14-6-9-22(15(2)10-14)30-16(3)11-18(17(30)4)12-23-24(31)29(5)25(32-23)28-19-7-8-20(26)21(27)13-19/h6-13H,1-5H3/b23-12-,28-25?. The highest BCUT2D eigenvalue weighted by Gasteiger charge is 2.30. The fraction of sp³-hybridized carbons (Fsp3) is 0.200. The average molecular weight is 529 g/mol. The molecule has 4 rings (SSSR count). The second-order valence-electron chi connectivity index (χ2n) is 7.92. The normalized spacial score (nSPS) is 16.6. The summed E-state index contributed by atoms with van der Waals surface area (Å²) in [6.07, 6.45) is 1.96. The lowest BCUT2D eigenvalue weighted by Crippen LogP contribution is -2.23. The topological polar surface area (TPSA) is 37.6 Å². The number of hydrogen-bond acceptors (Lipinski definition) is 3. The third-order valence-electron chi connectivity index (χ3n) is 5.48. The maximum Gasteiger partial charge on any atom is 0.266 e. The number of amidine groups is 1. The van der Waals surface area contributed by atoms with Crippen molar-refractivity contribution >= 4 is 62.1 Å². The molecule has 0 atom stereocenters. The summed E-state index contributed by atoms with van der Waals surface area (Å²) in [5, 5.41) is 1.21. The van der Waals surface area contributed by atoms with Crippen molar-refractivity contribution in [1.82, 2.24) is 9.47 Å². The van der Waals surface area contributed by atoms with Crippen LogP contribution in [0.2, 0.25) is 5.02 Å². The molecule has 2 aromatic carbocycles. The first-order valence-electron chi connectivity index (χ1n) is 10.1. The van der Waals surface area contributed by atoms with E-state index in [0.717, 1.165) is 27.1 Å². The van der Waals surface area contributed by atoms with Gasteiger partial charge in [-0.05, 0) is 103 Å². The van der Waals surface area contributed by atoms with Crippen molar-refractivity contribution in [3.05, 3.63) is 84.9 Å². The molecule has 0 bridgehead atoms. The monoisotopic (exact) mass is 527 g/mol. The number of aryl methyl sites for hydroxylation is 3. The minimum absolute atomic E-state index is 0.0618. The zero-order valence-electron chi connectivity index (χ0n) is 18.5. The first-order valence-corrected chi connectivity index (χ1v) is 12.1. The number of carbonyl (C=O) groups excluding carboxylic acids is 1. The van der Waals surface area contributed by atoms with Crippen molar-refractivity contribution in [1.29, 1.82) is 0 Å². The van der Waals surface area contributed by atoms with Gasteiger partial charge in [0.2, 0.25) is 0 Å². The van der Waals surface area contributed by atoms with Crippen LogP contribution in [0.3, 0.4) is 0 Å². The Morgan fingerprint density at radius 2 is 1.81 bits per heavy atom. The summed E-state index contributed by atoms with van der Waals surface area (Å²) in [4.78, 5) is 19.8. The van der Waals surface area contributed by atoms with Crippen LogP contribution in [-0.4, -0.2) is 27.6 Å². The number of amides is 1. The van der Waals surface area contributed by atoms with Gasteiger partial charge in [-0.1, -0.05) is 29.3 Å². The maximum absolute atomic E-state index is 12.9. The number of nitrogens with zero attached hydrogens (tertiary/aromatic N) is 3. The molecule has 0 aliphatic carbocycles. The Kier molecular flexibility index (Phi) is 6.39. The predicted octanol–water partition coefficient (Wildman–Crippen LogP) is 7.36. The minimum atomic E-state index is -0.0618. The number of aliphatic imine (C=N–C) groups is 1. The fourth-order valence-electron chi connectivity index (χ4n) is 3.82. The molecule has 32 heavy (non-hydrogen) atoms. The SMILES string of the molecule is Cc1ccc(-n2c(C)cc(/C=C3\SC(=Nc4ccc(Br)c(Cl)c4)N(C)C3=O)c2C)c(C)c1. The molecule has 3 aromatic rings. The quantitative estimate of drug-likeness (QED) is 0.333. The van der Waals surface area contributed by atoms with Crippen molar-refractivity contribution < 1.29 is 4.79 Å². The molecule has 1 amide bonds. The van der Waals surface area contributed by atoms with Gasteiger partial charge in [-0.25, -0.2) is 4.99 Å². The summed E-state index contributed by atoms with van der Waals surface area (Å²) >= 11 is 11.0. The first-order chi connectivity index (χ1) is 15.2. The Morgan fingerprint density at radius 3 is 2.50 bits per heavy atom. The highest BCUT2D eigenvalue weighted by molar-refractivity contribution is 9.10. The summed E-state index contributed by atoms with van der Waals surface area (Å²) in [5.74, 6) is -0.0618. The van der Waals surface area contributed by atoms with E-state index in [-0.39, 0.29) is 5.91 Å². The molecule has 1 aliphatic rings. The molecular formula is C25H23BrClN3OS. The Labute approximate surface area is 206 Å². The summed E-state index contributed by atoms with van der Waals surface area (Å²) < 4.78 is 3.06. The Hall–Kier alpha value is -2.28. The lowest BCUT2D eigenvalue weighted by atomic mass is 10.1. The molecule has 1 saturated heterocycles. The van der Waals surface area contributed by atoms with E-state index in [1.807, 2.05) is 18.2 Å². The van der Waals surface area contributed by atoms with Crippen LogP contribution in [0, 0.1) is 27.7 Å². The van der Waals surface area contributed by atoms with Crippen LogP contribution in [0.15, 0.2) is 56.8 Å². The van der Waals surface area contributed by atoms with Gasteiger partial charge in [0.05, 0.1) is 15.6 Å². The second-order valence-corrected chi connectivity index (χ2v) is 10.2. The Balaban J connectivity index is 1.69. The fourth-order valence-corrected chi connectivity index (χ4v) is 5.22. The van der Waals surface area contributed by atoms with Crippen molar-refractivity contribution in [3.8, 4) is 5.69 Å². The van der Waals surface area contributed by atoms with Crippen LogP contribution < -0.4 is 0 Å². The van der Waals surface area contributed by atoms with Gasteiger partial charge < -0.3 is 4.57 Å². The van der Waals surface area contributed by atoms with Gasteiger partial charge in [0.1, 0.15) is 0 Å². The zero-order valence-corrected chi connectivity index (χ0v) is 21.7. The third-order valence-corrected chi connectivity index (χ3v) is 7.77. The minimum Gasteiger partial charge on any atom is -0.318 e. The van der Waals surface area contributed by atoms with E-state index in [0.29, 0.717) is 20.8 Å². The summed E-state index contributed by atoms with van der Waals surface area (Å²) in [5.41, 5.74) is 7.58. The number of rotatable bonds is 3. The number of thioether (sulfide) groups is 1. The van der Waals surface area contributed by atoms with Crippen LogP contribution in [0.1, 0.15) is 28.1 Å². The van der Waals surface area contributed by atoms with E-state index in [1.54, 1.807) is 18.0 Å². The van der Waals surface area contributed by atoms with Crippen molar-refractivity contribution in [2.24, 2.45) is 4.99 Å². The van der Waals surface area contributed by atoms with E-state index in [1.165, 1.54) is 22.9 Å². The summed E-state index contributed by atoms with van der Waals surface area (Å²) in [7, 11) is 1.74. The van der Waals surface area contributed by atoms with Crippen LogP contribution in [0.5, 0.6) is 0 Å². The zero-order chi connectivity index (χ0) is 23.2. The molecule has 0 spiro atoms. The van der Waals surface area contributed by atoms with Crippen molar-refractivity contribution in [2.75, 3.05) is 7.05 Å². The number of carbonyl (C=O) groups is 1. The highest BCUT2D eigenvalue weighted by Crippen LogP contribution is 2.36. The van der Waals surface area contributed by atoms with Crippen LogP contribution in [0.4, 0.5) is 5.69 Å². The van der Waals surface area contributed by atoms with Gasteiger partial charge >= 0.3 is 0 Å². The molecule has 1 aromatic heterocycles. The molecule has 4 nitrogen and oxygen atoms in total. The van der Waals surface area contributed by atoms with Gasteiger partial charge in [0.15, 0.2) is 5.17 Å². The third kappa shape index (κ3) is 4.32. The van der Waals surface area contributed by atoms with Gasteiger partial charge in [0.25, 0.3) is 5.91 Å². The molecule has 1 aliphatic heterocycles. The van der Waals surface area contributed by atoms with E-state index >= 15 is 0 Å². The highest BCUT2D eigenvalue weighted by atomic mass is 79.9. The van der Waals surface area contributed by atoms with E-state index in [4.69, 9.17) is 11.6 Å². The molecule has 0 unspecified atom stereocenters. The van der Waals surface area contributed by atoms with Crippen molar-refractivity contribution in [3.63, 3.8) is 0 Å². The summed E-state index contributed by atoms with van der Waals surface area (Å²) in [6, 6.07) is 14.1.